The molecule has 0 spiro atoms. The molecule has 1 aromatic carbocycles. The van der Waals surface area contributed by atoms with Crippen molar-refractivity contribution in [3.05, 3.63) is 29.3 Å². The Morgan fingerprint density at radius 1 is 1.19 bits per heavy atom. The number of hydrogen-bond donors (Lipinski definition) is 2. The van der Waals surface area contributed by atoms with E-state index in [1.807, 2.05) is 0 Å². The molecule has 0 amide bonds. The molecular formula is C15H24ClN2O2S+. The van der Waals surface area contributed by atoms with Crippen LogP contribution in [0.25, 0.3) is 0 Å². The molecule has 1 aromatic rings. The van der Waals surface area contributed by atoms with Gasteiger partial charge in [-0.05, 0) is 45.9 Å². The lowest BCUT2D eigenvalue weighted by Crippen LogP contribution is -3.06. The molecule has 1 fully saturated rings. The average Bonchev–Trinajstić information content (AvgIpc) is 2.23. The maximum absolute atomic E-state index is 12.5. The smallest absolute Gasteiger partial charge is 0.240 e. The topological polar surface area (TPSA) is 62.8 Å². The van der Waals surface area contributed by atoms with Crippen LogP contribution in [0, 0.1) is 0 Å². The number of hydrogen-bond acceptors (Lipinski definition) is 2. The summed E-state index contributed by atoms with van der Waals surface area (Å²) in [5, 5.41) is 2.75. The molecule has 0 radical (unpaired) electrons. The van der Waals surface area contributed by atoms with E-state index in [1.54, 1.807) is 18.2 Å². The Morgan fingerprint density at radius 2 is 1.76 bits per heavy atom. The summed E-state index contributed by atoms with van der Waals surface area (Å²) in [6.07, 6.45) is 1.60. The Kier molecular flexibility index (Phi) is 4.42. The lowest BCUT2D eigenvalue weighted by molar-refractivity contribution is -0.787. The lowest BCUT2D eigenvalue weighted by atomic mass is 9.80. The Hall–Kier alpha value is -0.620. The van der Waals surface area contributed by atoms with Crippen molar-refractivity contribution in [2.45, 2.75) is 62.6 Å². The fraction of sp³-hybridized carbons (Fsp3) is 0.600. The van der Waals surface area contributed by atoms with Crippen LogP contribution in [-0.2, 0) is 10.0 Å². The van der Waals surface area contributed by atoms with E-state index in [0.29, 0.717) is 5.02 Å². The third-order valence-electron chi connectivity index (χ3n) is 3.75. The highest BCUT2D eigenvalue weighted by atomic mass is 35.5. The van der Waals surface area contributed by atoms with E-state index in [4.69, 9.17) is 11.6 Å². The first-order valence-corrected chi connectivity index (χ1v) is 9.00. The zero-order chi connectivity index (χ0) is 15.9. The molecule has 3 N–H and O–H groups in total. The molecule has 0 saturated carbocycles. The minimum atomic E-state index is -3.53. The maximum Gasteiger partial charge on any atom is 0.240 e. The second kappa shape index (κ2) is 5.54. The Morgan fingerprint density at radius 3 is 2.29 bits per heavy atom. The summed E-state index contributed by atoms with van der Waals surface area (Å²) in [5.41, 5.74) is 0.0343. The quantitative estimate of drug-likeness (QED) is 0.888. The van der Waals surface area contributed by atoms with Gasteiger partial charge in [0.2, 0.25) is 10.0 Å². The fourth-order valence-electron chi connectivity index (χ4n) is 3.52. The van der Waals surface area contributed by atoms with Gasteiger partial charge in [-0.25, -0.2) is 13.1 Å². The third-order valence-corrected chi connectivity index (χ3v) is 5.51. The second-order valence-electron chi connectivity index (χ2n) is 7.31. The van der Waals surface area contributed by atoms with Gasteiger partial charge in [0.25, 0.3) is 0 Å². The molecule has 0 atom stereocenters. The van der Waals surface area contributed by atoms with E-state index in [1.165, 1.54) is 6.07 Å². The monoisotopic (exact) mass is 331 g/mol. The van der Waals surface area contributed by atoms with E-state index in [2.05, 4.69) is 37.7 Å². The normalized spacial score (nSPS) is 22.1. The van der Waals surface area contributed by atoms with Gasteiger partial charge in [0, 0.05) is 23.9 Å². The summed E-state index contributed by atoms with van der Waals surface area (Å²) in [5.74, 6) is 0. The number of piperidine rings is 1. The highest BCUT2D eigenvalue weighted by Crippen LogP contribution is 2.24. The number of quaternary nitrogens is 1. The molecule has 1 aliphatic rings. The van der Waals surface area contributed by atoms with Gasteiger partial charge in [-0.15, -0.1) is 0 Å². The van der Waals surface area contributed by atoms with Crippen LogP contribution in [0.3, 0.4) is 0 Å². The fourth-order valence-corrected chi connectivity index (χ4v) is 5.06. The van der Waals surface area contributed by atoms with Gasteiger partial charge >= 0.3 is 0 Å². The third kappa shape index (κ3) is 4.42. The standard InChI is InChI=1S/C15H23ClN2O2S/c1-14(2)9-12(10-15(3,4)18-14)17-21(19,20)13-7-5-6-11(16)8-13/h5-8,12,17-18H,9-10H2,1-4H3/p+1. The highest BCUT2D eigenvalue weighted by Gasteiger charge is 2.42. The van der Waals surface area contributed by atoms with Gasteiger partial charge in [0.15, 0.2) is 0 Å². The second-order valence-corrected chi connectivity index (χ2v) is 9.46. The first kappa shape index (κ1) is 16.7. The minimum absolute atomic E-state index is 0.0171. The van der Waals surface area contributed by atoms with Crippen LogP contribution in [0.4, 0.5) is 0 Å². The molecule has 4 nitrogen and oxygen atoms in total. The van der Waals surface area contributed by atoms with Crippen molar-refractivity contribution < 1.29 is 13.7 Å². The molecular weight excluding hydrogens is 308 g/mol. The van der Waals surface area contributed by atoms with Crippen molar-refractivity contribution in [1.82, 2.24) is 4.72 Å². The molecule has 1 heterocycles. The molecule has 2 rings (SSSR count). The molecule has 1 saturated heterocycles. The lowest BCUT2D eigenvalue weighted by Gasteiger charge is -2.43. The van der Waals surface area contributed by atoms with Crippen LogP contribution in [0.15, 0.2) is 29.2 Å². The molecule has 21 heavy (non-hydrogen) atoms. The van der Waals surface area contributed by atoms with Crippen molar-refractivity contribution in [1.29, 1.82) is 0 Å². The Labute approximate surface area is 132 Å². The summed E-state index contributed by atoms with van der Waals surface area (Å²) in [7, 11) is -3.53. The van der Waals surface area contributed by atoms with E-state index in [0.717, 1.165) is 12.8 Å². The summed E-state index contributed by atoms with van der Waals surface area (Å²) >= 11 is 5.89. The predicted molar refractivity (Wildman–Crippen MR) is 84.9 cm³/mol. The Balaban J connectivity index is 2.20. The number of nitrogens with two attached hydrogens (primary N) is 1. The van der Waals surface area contributed by atoms with Gasteiger partial charge in [-0.3, -0.25) is 0 Å². The summed E-state index contributed by atoms with van der Waals surface area (Å²) < 4.78 is 27.8. The van der Waals surface area contributed by atoms with Gasteiger partial charge in [-0.2, -0.15) is 0 Å². The first-order chi connectivity index (χ1) is 9.49. The summed E-state index contributed by atoms with van der Waals surface area (Å²) in [6.45, 7) is 8.59. The van der Waals surface area contributed by atoms with E-state index < -0.39 is 10.0 Å². The maximum atomic E-state index is 12.5. The van der Waals surface area contributed by atoms with Crippen molar-refractivity contribution >= 4 is 21.6 Å². The van der Waals surface area contributed by atoms with Crippen LogP contribution >= 0.6 is 11.6 Å². The molecule has 1 aliphatic heterocycles. The zero-order valence-electron chi connectivity index (χ0n) is 13.0. The van der Waals surface area contributed by atoms with Crippen molar-refractivity contribution in [2.75, 3.05) is 0 Å². The summed E-state index contributed by atoms with van der Waals surface area (Å²) in [6, 6.07) is 6.31. The van der Waals surface area contributed by atoms with Crippen molar-refractivity contribution in [3.8, 4) is 0 Å². The van der Waals surface area contributed by atoms with Gasteiger partial charge < -0.3 is 5.32 Å². The SMILES string of the molecule is CC1(C)CC(NS(=O)(=O)c2cccc(Cl)c2)CC(C)(C)[NH2+]1. The molecule has 6 heteroatoms. The first-order valence-electron chi connectivity index (χ1n) is 7.14. The molecule has 0 aromatic heterocycles. The molecule has 118 valence electrons. The number of halogens is 1. The average molecular weight is 332 g/mol. The van der Waals surface area contributed by atoms with Crippen LogP contribution in [0.1, 0.15) is 40.5 Å². The van der Waals surface area contributed by atoms with Crippen LogP contribution in [-0.4, -0.2) is 25.5 Å². The van der Waals surface area contributed by atoms with Crippen LogP contribution in [0.2, 0.25) is 5.02 Å². The largest absolute Gasteiger partial charge is 0.337 e. The predicted octanol–water partition coefficient (Wildman–Crippen LogP) is 1.90. The van der Waals surface area contributed by atoms with Gasteiger partial charge in [-0.1, -0.05) is 17.7 Å². The van der Waals surface area contributed by atoms with E-state index in [9.17, 15) is 8.42 Å². The number of benzene rings is 1. The van der Waals surface area contributed by atoms with Crippen molar-refractivity contribution in [3.63, 3.8) is 0 Å². The number of rotatable bonds is 3. The molecule has 0 aliphatic carbocycles. The minimum Gasteiger partial charge on any atom is -0.337 e. The van der Waals surface area contributed by atoms with E-state index in [-0.39, 0.29) is 22.0 Å². The van der Waals surface area contributed by atoms with Gasteiger partial charge in [0.1, 0.15) is 0 Å². The summed E-state index contributed by atoms with van der Waals surface area (Å²) in [4.78, 5) is 0.222. The van der Waals surface area contributed by atoms with Crippen molar-refractivity contribution in [2.24, 2.45) is 0 Å². The Bertz CT molecular complexity index is 610. The molecule has 0 bridgehead atoms. The number of sulfonamides is 1. The van der Waals surface area contributed by atoms with Crippen LogP contribution < -0.4 is 10.0 Å². The highest BCUT2D eigenvalue weighted by molar-refractivity contribution is 7.89. The zero-order valence-corrected chi connectivity index (χ0v) is 14.6. The van der Waals surface area contributed by atoms with Crippen LogP contribution in [0.5, 0.6) is 0 Å². The number of nitrogens with one attached hydrogen (secondary N) is 1. The molecule has 0 unspecified atom stereocenters. The van der Waals surface area contributed by atoms with Gasteiger partial charge in [0.05, 0.1) is 16.0 Å². The van der Waals surface area contributed by atoms with E-state index >= 15 is 0 Å².